The zero-order valence-corrected chi connectivity index (χ0v) is 18.2. The van der Waals surface area contributed by atoms with Gasteiger partial charge in [-0.3, -0.25) is 9.59 Å². The Bertz CT molecular complexity index is 494. The first kappa shape index (κ1) is 28.6. The van der Waals surface area contributed by atoms with Gasteiger partial charge in [0.1, 0.15) is 18.3 Å². The summed E-state index contributed by atoms with van der Waals surface area (Å²) < 4.78 is 0. The number of carbonyl (C=O) groups excluding carboxylic acids is 2. The van der Waals surface area contributed by atoms with E-state index in [4.69, 9.17) is 5.11 Å². The molecule has 2 unspecified atom stereocenters. The maximum absolute atomic E-state index is 11.4. The molecule has 0 saturated heterocycles. The first-order valence-electron chi connectivity index (χ1n) is 11.3. The lowest BCUT2D eigenvalue weighted by atomic mass is 9.95. The number of aliphatic hydroxyl groups is 4. The van der Waals surface area contributed by atoms with Crippen molar-refractivity contribution in [2.45, 2.75) is 121 Å². The zero-order valence-electron chi connectivity index (χ0n) is 18.2. The third kappa shape index (κ3) is 12.4. The minimum Gasteiger partial charge on any atom is -0.475 e. The molecular weight excluding hydrogens is 392 g/mol. The molecule has 176 valence electrons. The van der Waals surface area contributed by atoms with Crippen LogP contribution in [0, 0.1) is 0 Å². The Morgan fingerprint density at radius 3 is 1.43 bits per heavy atom. The molecule has 0 aromatic rings. The third-order valence-electron chi connectivity index (χ3n) is 5.36. The number of hydrogen-bond donors (Lipinski definition) is 5. The molecule has 8 nitrogen and oxygen atoms in total. The van der Waals surface area contributed by atoms with Crippen LogP contribution >= 0.6 is 0 Å². The molecule has 8 heteroatoms. The van der Waals surface area contributed by atoms with Crippen LogP contribution in [0.3, 0.4) is 0 Å². The fourth-order valence-electron chi connectivity index (χ4n) is 3.35. The van der Waals surface area contributed by atoms with Crippen molar-refractivity contribution in [3.05, 3.63) is 0 Å². The third-order valence-corrected chi connectivity index (χ3v) is 5.36. The van der Waals surface area contributed by atoms with E-state index < -0.39 is 42.0 Å². The monoisotopic (exact) mass is 432 g/mol. The number of ketones is 2. The first-order valence-corrected chi connectivity index (χ1v) is 11.3. The van der Waals surface area contributed by atoms with Gasteiger partial charge in [-0.25, -0.2) is 4.79 Å². The summed E-state index contributed by atoms with van der Waals surface area (Å²) >= 11 is 0. The Kier molecular flexibility index (Phi) is 16.6. The number of rotatable bonds is 20. The normalized spacial score (nSPS) is 15.4. The second-order valence-electron chi connectivity index (χ2n) is 8.02. The maximum Gasteiger partial charge on any atom is 0.380 e. The van der Waals surface area contributed by atoms with Crippen LogP contribution in [0.4, 0.5) is 0 Å². The van der Waals surface area contributed by atoms with Gasteiger partial charge in [0.25, 0.3) is 0 Å². The summed E-state index contributed by atoms with van der Waals surface area (Å²) in [5.41, 5.74) is 0. The van der Waals surface area contributed by atoms with E-state index in [0.29, 0.717) is 6.42 Å². The fraction of sp³-hybridized carbons (Fsp3) is 0.864. The highest BCUT2D eigenvalue weighted by atomic mass is 16.4. The molecule has 0 aliphatic carbocycles. The van der Waals surface area contributed by atoms with Gasteiger partial charge in [-0.15, -0.1) is 0 Å². The van der Waals surface area contributed by atoms with Gasteiger partial charge >= 0.3 is 11.8 Å². The van der Waals surface area contributed by atoms with Crippen molar-refractivity contribution < 1.29 is 39.9 Å². The number of Topliss-reactive ketones (excluding diaryl/α,β-unsaturated/α-hetero) is 2. The van der Waals surface area contributed by atoms with Gasteiger partial charge in [-0.05, 0) is 6.42 Å². The molecule has 5 N–H and O–H groups in total. The predicted octanol–water partition coefficient (Wildman–Crippen LogP) is 2.13. The van der Waals surface area contributed by atoms with Gasteiger partial charge in [0.05, 0.1) is 6.10 Å². The minimum absolute atomic E-state index is 0.157. The smallest absolute Gasteiger partial charge is 0.380 e. The van der Waals surface area contributed by atoms with Crippen molar-refractivity contribution in [2.24, 2.45) is 0 Å². The molecule has 0 spiro atoms. The highest BCUT2D eigenvalue weighted by molar-refractivity contribution is 6.62. The van der Waals surface area contributed by atoms with Crippen LogP contribution in [0.15, 0.2) is 0 Å². The van der Waals surface area contributed by atoms with Crippen LogP contribution in [0.25, 0.3) is 0 Å². The average Bonchev–Trinajstić information content (AvgIpc) is 2.73. The summed E-state index contributed by atoms with van der Waals surface area (Å²) in [4.78, 5) is 32.9. The number of carboxylic acids is 1. The Labute approximate surface area is 179 Å². The lowest BCUT2D eigenvalue weighted by Gasteiger charge is -2.25. The molecule has 0 amide bonds. The van der Waals surface area contributed by atoms with E-state index in [0.717, 1.165) is 19.3 Å². The van der Waals surface area contributed by atoms with Crippen LogP contribution in [0.1, 0.15) is 96.8 Å². The molecule has 0 rings (SSSR count). The van der Waals surface area contributed by atoms with Crippen molar-refractivity contribution >= 4 is 17.5 Å². The van der Waals surface area contributed by atoms with Crippen molar-refractivity contribution in [3.63, 3.8) is 0 Å². The molecule has 4 atom stereocenters. The highest BCUT2D eigenvalue weighted by Gasteiger charge is 2.38. The number of aliphatic carboxylic acids is 1. The molecule has 0 aliphatic rings. The number of carbonyl (C=O) groups is 3. The van der Waals surface area contributed by atoms with Crippen molar-refractivity contribution in [1.82, 2.24) is 0 Å². The molecule has 0 bridgehead atoms. The molecule has 0 aliphatic heterocycles. The van der Waals surface area contributed by atoms with Gasteiger partial charge in [0.15, 0.2) is 0 Å². The first-order chi connectivity index (χ1) is 14.2. The quantitative estimate of drug-likeness (QED) is 0.111. The van der Waals surface area contributed by atoms with E-state index in [1.807, 2.05) is 0 Å². The van der Waals surface area contributed by atoms with Crippen molar-refractivity contribution in [1.29, 1.82) is 0 Å². The Hall–Kier alpha value is -1.35. The number of unbranched alkanes of at least 4 members (excludes halogenated alkanes) is 12. The summed E-state index contributed by atoms with van der Waals surface area (Å²) in [6, 6.07) is 0. The second-order valence-corrected chi connectivity index (χ2v) is 8.02. The maximum atomic E-state index is 11.4. The van der Waals surface area contributed by atoms with Gasteiger partial charge < -0.3 is 25.5 Å². The lowest BCUT2D eigenvalue weighted by molar-refractivity contribution is -0.160. The minimum atomic E-state index is -2.40. The molecule has 0 heterocycles. The Morgan fingerprint density at radius 2 is 1.03 bits per heavy atom. The van der Waals surface area contributed by atoms with E-state index in [2.05, 4.69) is 6.92 Å². The highest BCUT2D eigenvalue weighted by Crippen LogP contribution is 2.15. The SMILES string of the molecule is CCCCCCCCCCCCCCCC(O)C(O)[C@H](O)[C@@H](O)C(=O)C(=O)C(=O)O. The fourth-order valence-corrected chi connectivity index (χ4v) is 3.35. The summed E-state index contributed by atoms with van der Waals surface area (Å²) in [6.07, 6.45) is 7.44. The van der Waals surface area contributed by atoms with E-state index >= 15 is 0 Å². The molecule has 0 radical (unpaired) electrons. The van der Waals surface area contributed by atoms with Gasteiger partial charge in [-0.2, -0.15) is 0 Å². The molecule has 0 aromatic heterocycles. The molecule has 30 heavy (non-hydrogen) atoms. The number of hydrogen-bond acceptors (Lipinski definition) is 7. The summed E-state index contributed by atoms with van der Waals surface area (Å²) in [6.45, 7) is 2.22. The second kappa shape index (κ2) is 17.3. The van der Waals surface area contributed by atoms with Crippen LogP contribution in [0.5, 0.6) is 0 Å². The number of aliphatic hydroxyl groups excluding tert-OH is 4. The summed E-state index contributed by atoms with van der Waals surface area (Å²) in [5.74, 6) is -5.68. The van der Waals surface area contributed by atoms with E-state index in [1.54, 1.807) is 0 Å². The van der Waals surface area contributed by atoms with E-state index in [9.17, 15) is 34.8 Å². The van der Waals surface area contributed by atoms with Crippen LogP contribution in [-0.2, 0) is 14.4 Å². The Morgan fingerprint density at radius 1 is 0.633 bits per heavy atom. The van der Waals surface area contributed by atoms with Gasteiger partial charge in [0.2, 0.25) is 5.78 Å². The van der Waals surface area contributed by atoms with Gasteiger partial charge in [-0.1, -0.05) is 90.4 Å². The van der Waals surface area contributed by atoms with E-state index in [-0.39, 0.29) is 6.42 Å². The lowest BCUT2D eigenvalue weighted by Crippen LogP contribution is -2.50. The molecular formula is C22H40O8. The molecule has 0 aromatic carbocycles. The molecule has 0 saturated carbocycles. The Balaban J connectivity index is 3.83. The van der Waals surface area contributed by atoms with Crippen molar-refractivity contribution in [2.75, 3.05) is 0 Å². The number of carboxylic acid groups (broad SMARTS) is 1. The zero-order chi connectivity index (χ0) is 22.9. The average molecular weight is 433 g/mol. The largest absolute Gasteiger partial charge is 0.475 e. The summed E-state index contributed by atoms with van der Waals surface area (Å²) in [7, 11) is 0. The van der Waals surface area contributed by atoms with Crippen LogP contribution in [-0.4, -0.2) is 67.5 Å². The summed E-state index contributed by atoms with van der Waals surface area (Å²) in [5, 5.41) is 47.5. The topological polar surface area (TPSA) is 152 Å². The van der Waals surface area contributed by atoms with Crippen LogP contribution in [0.2, 0.25) is 0 Å². The van der Waals surface area contributed by atoms with Crippen molar-refractivity contribution in [3.8, 4) is 0 Å². The predicted molar refractivity (Wildman–Crippen MR) is 112 cm³/mol. The molecule has 0 fully saturated rings. The van der Waals surface area contributed by atoms with Gasteiger partial charge in [0, 0.05) is 0 Å². The van der Waals surface area contributed by atoms with Crippen LogP contribution < -0.4 is 0 Å². The standard InChI is InChI=1S/C22H40O8/c1-2-3-4-5-6-7-8-9-10-11-12-13-14-15-16(23)17(24)18(25)19(26)20(27)21(28)22(29)30/h16-19,23-26H,2-15H2,1H3,(H,29,30)/t16?,17?,18-,19+/m0/s1. The van der Waals surface area contributed by atoms with E-state index in [1.165, 1.54) is 57.8 Å².